The van der Waals surface area contributed by atoms with E-state index in [9.17, 15) is 4.79 Å². The maximum atomic E-state index is 11.4. The van der Waals surface area contributed by atoms with Crippen LogP contribution in [0.3, 0.4) is 0 Å². The number of halogens is 1. The second-order valence-corrected chi connectivity index (χ2v) is 5.51. The molecule has 0 unspecified atom stereocenters. The Bertz CT molecular complexity index is 420. The van der Waals surface area contributed by atoms with Crippen molar-refractivity contribution in [2.24, 2.45) is 0 Å². The lowest BCUT2D eigenvalue weighted by Crippen LogP contribution is -2.41. The number of aliphatic hydroxyl groups excluding tert-OH is 1. The van der Waals surface area contributed by atoms with Crippen molar-refractivity contribution in [2.75, 3.05) is 18.0 Å². The standard InChI is InChI=1S/C13H17BrN2O2/c1-9(17)13(18)15-11-6-7-16(8-11)12-4-2-10(14)3-5-12/h2-5,9,11,17H,6-8H2,1H3,(H,15,18)/t9-,11+/m0/s1. The van der Waals surface area contributed by atoms with Gasteiger partial charge in [0.15, 0.2) is 0 Å². The Morgan fingerprint density at radius 3 is 2.78 bits per heavy atom. The number of benzene rings is 1. The highest BCUT2D eigenvalue weighted by molar-refractivity contribution is 9.10. The molecule has 2 atom stereocenters. The summed E-state index contributed by atoms with van der Waals surface area (Å²) in [4.78, 5) is 13.6. The van der Waals surface area contributed by atoms with Gasteiger partial charge in [0.25, 0.3) is 0 Å². The van der Waals surface area contributed by atoms with Gasteiger partial charge in [-0.25, -0.2) is 0 Å². The largest absolute Gasteiger partial charge is 0.384 e. The number of carbonyl (C=O) groups excluding carboxylic acids is 1. The van der Waals surface area contributed by atoms with Crippen molar-refractivity contribution in [1.29, 1.82) is 0 Å². The van der Waals surface area contributed by atoms with Crippen LogP contribution in [-0.2, 0) is 4.79 Å². The zero-order chi connectivity index (χ0) is 13.1. The number of nitrogens with one attached hydrogen (secondary N) is 1. The molecule has 1 aromatic carbocycles. The molecule has 1 fully saturated rings. The van der Waals surface area contributed by atoms with Gasteiger partial charge in [-0.3, -0.25) is 4.79 Å². The van der Waals surface area contributed by atoms with Crippen molar-refractivity contribution in [2.45, 2.75) is 25.5 Å². The van der Waals surface area contributed by atoms with Gasteiger partial charge in [0.1, 0.15) is 6.10 Å². The molecule has 2 rings (SSSR count). The summed E-state index contributed by atoms with van der Waals surface area (Å²) in [5.41, 5.74) is 1.16. The highest BCUT2D eigenvalue weighted by atomic mass is 79.9. The van der Waals surface area contributed by atoms with Gasteiger partial charge < -0.3 is 15.3 Å². The number of amides is 1. The van der Waals surface area contributed by atoms with Crippen molar-refractivity contribution in [3.8, 4) is 0 Å². The van der Waals surface area contributed by atoms with Crippen LogP contribution in [-0.4, -0.2) is 36.2 Å². The molecule has 0 bridgehead atoms. The quantitative estimate of drug-likeness (QED) is 0.890. The molecule has 1 amide bonds. The fourth-order valence-electron chi connectivity index (χ4n) is 2.09. The van der Waals surface area contributed by atoms with Crippen molar-refractivity contribution in [1.82, 2.24) is 5.32 Å². The average molecular weight is 313 g/mol. The smallest absolute Gasteiger partial charge is 0.248 e. The van der Waals surface area contributed by atoms with Gasteiger partial charge in [-0.2, -0.15) is 0 Å². The molecule has 0 aliphatic carbocycles. The third-order valence-corrected chi connectivity index (χ3v) is 3.63. The third-order valence-electron chi connectivity index (χ3n) is 3.11. The summed E-state index contributed by atoms with van der Waals surface area (Å²) < 4.78 is 1.06. The lowest BCUT2D eigenvalue weighted by molar-refractivity contribution is -0.129. The first-order chi connectivity index (χ1) is 8.56. The van der Waals surface area contributed by atoms with Crippen LogP contribution in [0.5, 0.6) is 0 Å². The topological polar surface area (TPSA) is 52.6 Å². The molecule has 18 heavy (non-hydrogen) atoms. The van der Waals surface area contributed by atoms with E-state index in [0.717, 1.165) is 29.7 Å². The summed E-state index contributed by atoms with van der Waals surface area (Å²) in [6.07, 6.45) is -0.0270. The molecule has 1 heterocycles. The predicted molar refractivity (Wildman–Crippen MR) is 74.6 cm³/mol. The SMILES string of the molecule is C[C@H](O)C(=O)N[C@@H]1CCN(c2ccc(Br)cc2)C1. The number of aliphatic hydroxyl groups is 1. The molecule has 0 saturated carbocycles. The minimum atomic E-state index is -0.938. The Morgan fingerprint density at radius 2 is 2.17 bits per heavy atom. The van der Waals surface area contributed by atoms with E-state index < -0.39 is 6.10 Å². The van der Waals surface area contributed by atoms with E-state index in [1.54, 1.807) is 0 Å². The number of nitrogens with zero attached hydrogens (tertiary/aromatic N) is 1. The molecule has 1 aliphatic heterocycles. The van der Waals surface area contributed by atoms with Crippen LogP contribution in [0.25, 0.3) is 0 Å². The Labute approximate surface area is 115 Å². The van der Waals surface area contributed by atoms with Crippen molar-refractivity contribution in [3.05, 3.63) is 28.7 Å². The van der Waals surface area contributed by atoms with E-state index in [4.69, 9.17) is 5.11 Å². The number of rotatable bonds is 3. The minimum Gasteiger partial charge on any atom is -0.384 e. The van der Waals surface area contributed by atoms with E-state index in [0.29, 0.717) is 0 Å². The van der Waals surface area contributed by atoms with E-state index >= 15 is 0 Å². The van der Waals surface area contributed by atoms with Gasteiger partial charge in [0, 0.05) is 29.3 Å². The second-order valence-electron chi connectivity index (χ2n) is 4.59. The zero-order valence-corrected chi connectivity index (χ0v) is 11.9. The molecule has 2 N–H and O–H groups in total. The lowest BCUT2D eigenvalue weighted by Gasteiger charge is -2.19. The van der Waals surface area contributed by atoms with Crippen LogP contribution in [0.4, 0.5) is 5.69 Å². The Morgan fingerprint density at radius 1 is 1.50 bits per heavy atom. The van der Waals surface area contributed by atoms with Crippen LogP contribution < -0.4 is 10.2 Å². The molecular weight excluding hydrogens is 296 g/mol. The fourth-order valence-corrected chi connectivity index (χ4v) is 2.35. The van der Waals surface area contributed by atoms with Gasteiger partial charge in [-0.05, 0) is 37.6 Å². The molecule has 1 aromatic rings. The lowest BCUT2D eigenvalue weighted by atomic mass is 10.2. The van der Waals surface area contributed by atoms with Crippen molar-refractivity contribution < 1.29 is 9.90 Å². The number of hydrogen-bond acceptors (Lipinski definition) is 3. The highest BCUT2D eigenvalue weighted by Crippen LogP contribution is 2.22. The maximum absolute atomic E-state index is 11.4. The molecule has 5 heteroatoms. The number of anilines is 1. The number of carbonyl (C=O) groups is 1. The predicted octanol–water partition coefficient (Wildman–Crippen LogP) is 1.52. The van der Waals surface area contributed by atoms with Gasteiger partial charge in [0.2, 0.25) is 5.91 Å². The van der Waals surface area contributed by atoms with Crippen LogP contribution >= 0.6 is 15.9 Å². The Kier molecular flexibility index (Phi) is 4.24. The summed E-state index contributed by atoms with van der Waals surface area (Å²) in [6.45, 7) is 3.20. The third kappa shape index (κ3) is 3.23. The van der Waals surface area contributed by atoms with E-state index in [1.807, 2.05) is 12.1 Å². The molecule has 0 spiro atoms. The van der Waals surface area contributed by atoms with Crippen LogP contribution in [0.15, 0.2) is 28.7 Å². The summed E-state index contributed by atoms with van der Waals surface area (Å²) in [6, 6.07) is 8.26. The Hall–Kier alpha value is -1.07. The van der Waals surface area contributed by atoms with Crippen LogP contribution in [0, 0.1) is 0 Å². The number of hydrogen-bond donors (Lipinski definition) is 2. The molecule has 4 nitrogen and oxygen atoms in total. The molecule has 98 valence electrons. The maximum Gasteiger partial charge on any atom is 0.248 e. The Balaban J connectivity index is 1.92. The minimum absolute atomic E-state index is 0.121. The van der Waals surface area contributed by atoms with Crippen molar-refractivity contribution >= 4 is 27.5 Å². The average Bonchev–Trinajstić information content (AvgIpc) is 2.78. The van der Waals surface area contributed by atoms with Crippen LogP contribution in [0.2, 0.25) is 0 Å². The molecule has 0 aromatic heterocycles. The van der Waals surface area contributed by atoms with Crippen molar-refractivity contribution in [3.63, 3.8) is 0 Å². The normalized spacial score (nSPS) is 20.8. The van der Waals surface area contributed by atoms with Gasteiger partial charge in [-0.1, -0.05) is 15.9 Å². The first-order valence-electron chi connectivity index (χ1n) is 6.05. The molecule has 0 radical (unpaired) electrons. The van der Waals surface area contributed by atoms with Gasteiger partial charge in [0.05, 0.1) is 0 Å². The summed E-state index contributed by atoms with van der Waals surface area (Å²) in [5, 5.41) is 12.0. The summed E-state index contributed by atoms with van der Waals surface area (Å²) >= 11 is 3.41. The second kappa shape index (κ2) is 5.71. The fraction of sp³-hybridized carbons (Fsp3) is 0.462. The monoisotopic (exact) mass is 312 g/mol. The van der Waals surface area contributed by atoms with E-state index in [-0.39, 0.29) is 11.9 Å². The van der Waals surface area contributed by atoms with E-state index in [2.05, 4.69) is 38.3 Å². The van der Waals surface area contributed by atoms with Gasteiger partial charge >= 0.3 is 0 Å². The van der Waals surface area contributed by atoms with Crippen LogP contribution in [0.1, 0.15) is 13.3 Å². The molecular formula is C13H17BrN2O2. The zero-order valence-electron chi connectivity index (χ0n) is 10.3. The summed E-state index contributed by atoms with van der Waals surface area (Å²) in [5.74, 6) is -0.294. The molecule has 1 aliphatic rings. The first-order valence-corrected chi connectivity index (χ1v) is 6.84. The van der Waals surface area contributed by atoms with E-state index in [1.165, 1.54) is 6.92 Å². The molecule has 1 saturated heterocycles. The van der Waals surface area contributed by atoms with Gasteiger partial charge in [-0.15, -0.1) is 0 Å². The summed E-state index contributed by atoms with van der Waals surface area (Å²) in [7, 11) is 0. The highest BCUT2D eigenvalue weighted by Gasteiger charge is 2.25. The first kappa shape index (κ1) is 13.4.